The van der Waals surface area contributed by atoms with E-state index in [-0.39, 0.29) is 24.2 Å². The largest absolute Gasteiger partial charge is 0.497 e. The van der Waals surface area contributed by atoms with Gasteiger partial charge in [-0.15, -0.1) is 0 Å². The number of ether oxygens (including phenoxy) is 1. The van der Waals surface area contributed by atoms with E-state index in [0.717, 1.165) is 22.3 Å². The monoisotopic (exact) mass is 367 g/mol. The Morgan fingerprint density at radius 3 is 2.22 bits per heavy atom. The van der Waals surface area contributed by atoms with Crippen LogP contribution in [0.3, 0.4) is 0 Å². The third-order valence-electron chi connectivity index (χ3n) is 5.11. The standard InChI is InChI=1S/C21H25N3O3/c1-5-23-18-8-6-7-9-19(18)24(21(23)26)14-20(25)22(3)15(2)16-10-12-17(27-4)13-11-16/h6-13,15H,5,14H2,1-4H3. The lowest BCUT2D eigenvalue weighted by Gasteiger charge is -2.25. The van der Waals surface area contributed by atoms with E-state index in [1.54, 1.807) is 28.2 Å². The molecule has 0 aliphatic heterocycles. The van der Waals surface area contributed by atoms with Gasteiger partial charge in [-0.3, -0.25) is 13.9 Å². The number of amides is 1. The Bertz CT molecular complexity index is 1000. The molecule has 0 aliphatic rings. The van der Waals surface area contributed by atoms with E-state index in [1.165, 1.54) is 0 Å². The highest BCUT2D eigenvalue weighted by Gasteiger charge is 2.20. The summed E-state index contributed by atoms with van der Waals surface area (Å²) in [7, 11) is 3.39. The van der Waals surface area contributed by atoms with Crippen LogP contribution in [0.1, 0.15) is 25.5 Å². The van der Waals surface area contributed by atoms with Crippen LogP contribution < -0.4 is 10.4 Å². The summed E-state index contributed by atoms with van der Waals surface area (Å²) < 4.78 is 8.43. The number of methoxy groups -OCH3 is 1. The summed E-state index contributed by atoms with van der Waals surface area (Å²) in [5.41, 5.74) is 2.49. The molecule has 1 atom stereocenters. The Balaban J connectivity index is 1.85. The van der Waals surface area contributed by atoms with Crippen molar-refractivity contribution < 1.29 is 9.53 Å². The van der Waals surface area contributed by atoms with Crippen LogP contribution >= 0.6 is 0 Å². The van der Waals surface area contributed by atoms with Crippen molar-refractivity contribution in [2.45, 2.75) is 33.0 Å². The minimum atomic E-state index is -0.155. The lowest BCUT2D eigenvalue weighted by Crippen LogP contribution is -2.35. The highest BCUT2D eigenvalue weighted by atomic mass is 16.5. The van der Waals surface area contributed by atoms with Gasteiger partial charge in [0.1, 0.15) is 12.3 Å². The normalized spacial score (nSPS) is 12.1. The first kappa shape index (κ1) is 18.8. The van der Waals surface area contributed by atoms with Gasteiger partial charge >= 0.3 is 5.69 Å². The number of carbonyl (C=O) groups is 1. The molecule has 0 radical (unpaired) electrons. The molecule has 27 heavy (non-hydrogen) atoms. The van der Waals surface area contributed by atoms with E-state index in [9.17, 15) is 9.59 Å². The number of imidazole rings is 1. The molecule has 6 heteroatoms. The van der Waals surface area contributed by atoms with Crippen LogP contribution in [0.15, 0.2) is 53.3 Å². The van der Waals surface area contributed by atoms with Crippen LogP contribution in [-0.2, 0) is 17.9 Å². The second kappa shape index (κ2) is 7.70. The van der Waals surface area contributed by atoms with Crippen molar-refractivity contribution in [2.24, 2.45) is 0 Å². The summed E-state index contributed by atoms with van der Waals surface area (Å²) in [4.78, 5) is 27.3. The molecule has 0 spiro atoms. The number of nitrogens with zero attached hydrogens (tertiary/aromatic N) is 3. The number of benzene rings is 2. The Morgan fingerprint density at radius 2 is 1.67 bits per heavy atom. The van der Waals surface area contributed by atoms with Gasteiger partial charge in [-0.05, 0) is 43.7 Å². The van der Waals surface area contributed by atoms with Crippen molar-refractivity contribution in [3.05, 3.63) is 64.6 Å². The molecular formula is C21H25N3O3. The molecule has 1 unspecified atom stereocenters. The predicted molar refractivity (Wildman–Crippen MR) is 106 cm³/mol. The molecule has 0 N–H and O–H groups in total. The topological polar surface area (TPSA) is 56.5 Å². The maximum atomic E-state index is 12.9. The fourth-order valence-electron chi connectivity index (χ4n) is 3.30. The number of carbonyl (C=O) groups excluding carboxylic acids is 1. The Kier molecular flexibility index (Phi) is 5.35. The maximum absolute atomic E-state index is 12.9. The molecule has 1 amide bonds. The molecule has 3 rings (SSSR count). The summed E-state index contributed by atoms with van der Waals surface area (Å²) in [6.07, 6.45) is 0. The predicted octanol–water partition coefficient (Wildman–Crippen LogP) is 3.05. The SMILES string of the molecule is CCn1c(=O)n(CC(=O)N(C)C(C)c2ccc(OC)cc2)c2ccccc21. The number of para-hydroxylation sites is 2. The first-order chi connectivity index (χ1) is 13.0. The molecule has 6 nitrogen and oxygen atoms in total. The molecule has 0 saturated heterocycles. The zero-order valence-corrected chi connectivity index (χ0v) is 16.2. The number of hydrogen-bond acceptors (Lipinski definition) is 3. The number of fused-ring (bicyclic) bond motifs is 1. The van der Waals surface area contributed by atoms with Crippen LogP contribution in [-0.4, -0.2) is 34.1 Å². The van der Waals surface area contributed by atoms with Crippen LogP contribution in [0.25, 0.3) is 11.0 Å². The van der Waals surface area contributed by atoms with Gasteiger partial charge in [0.15, 0.2) is 0 Å². The summed E-state index contributed by atoms with van der Waals surface area (Å²) in [6.45, 7) is 4.48. The van der Waals surface area contributed by atoms with Gasteiger partial charge in [0, 0.05) is 13.6 Å². The average molecular weight is 367 g/mol. The van der Waals surface area contributed by atoms with E-state index in [4.69, 9.17) is 4.74 Å². The molecule has 2 aromatic carbocycles. The van der Waals surface area contributed by atoms with Crippen LogP contribution in [0.5, 0.6) is 5.75 Å². The smallest absolute Gasteiger partial charge is 0.329 e. The van der Waals surface area contributed by atoms with Gasteiger partial charge in [-0.1, -0.05) is 24.3 Å². The van der Waals surface area contributed by atoms with E-state index in [2.05, 4.69) is 0 Å². The van der Waals surface area contributed by atoms with Gasteiger partial charge in [-0.2, -0.15) is 0 Å². The van der Waals surface area contributed by atoms with Gasteiger partial charge < -0.3 is 9.64 Å². The zero-order valence-electron chi connectivity index (χ0n) is 16.2. The Hall–Kier alpha value is -3.02. The molecule has 3 aromatic rings. The number of likely N-dealkylation sites (N-methyl/N-ethyl adjacent to an activating group) is 1. The molecule has 0 bridgehead atoms. The molecule has 0 aliphatic carbocycles. The van der Waals surface area contributed by atoms with Gasteiger partial charge in [-0.25, -0.2) is 4.79 Å². The lowest BCUT2D eigenvalue weighted by molar-refractivity contribution is -0.132. The van der Waals surface area contributed by atoms with Crippen molar-refractivity contribution in [3.8, 4) is 5.75 Å². The molecular weight excluding hydrogens is 342 g/mol. The minimum Gasteiger partial charge on any atom is -0.497 e. The molecule has 0 saturated carbocycles. The molecule has 1 aromatic heterocycles. The highest BCUT2D eigenvalue weighted by molar-refractivity contribution is 5.81. The maximum Gasteiger partial charge on any atom is 0.329 e. The first-order valence-electron chi connectivity index (χ1n) is 9.05. The third kappa shape index (κ3) is 3.47. The molecule has 1 heterocycles. The van der Waals surface area contributed by atoms with E-state index < -0.39 is 0 Å². The fourth-order valence-corrected chi connectivity index (χ4v) is 3.30. The fraction of sp³-hybridized carbons (Fsp3) is 0.333. The average Bonchev–Trinajstić information content (AvgIpc) is 2.97. The van der Waals surface area contributed by atoms with Gasteiger partial charge in [0.25, 0.3) is 0 Å². The third-order valence-corrected chi connectivity index (χ3v) is 5.11. The number of aryl methyl sites for hydroxylation is 1. The molecule has 0 fully saturated rings. The van der Waals surface area contributed by atoms with Crippen LogP contribution in [0.2, 0.25) is 0 Å². The summed E-state index contributed by atoms with van der Waals surface area (Å²) in [5, 5.41) is 0. The van der Waals surface area contributed by atoms with Crippen molar-refractivity contribution >= 4 is 16.9 Å². The van der Waals surface area contributed by atoms with Crippen molar-refractivity contribution in [2.75, 3.05) is 14.2 Å². The van der Waals surface area contributed by atoms with E-state index in [1.807, 2.05) is 62.4 Å². The number of rotatable bonds is 6. The summed E-state index contributed by atoms with van der Waals surface area (Å²) in [6, 6.07) is 15.1. The lowest BCUT2D eigenvalue weighted by atomic mass is 10.1. The van der Waals surface area contributed by atoms with E-state index in [0.29, 0.717) is 6.54 Å². The zero-order chi connectivity index (χ0) is 19.6. The van der Waals surface area contributed by atoms with Crippen molar-refractivity contribution in [3.63, 3.8) is 0 Å². The highest BCUT2D eigenvalue weighted by Crippen LogP contribution is 2.22. The Labute approximate surface area is 158 Å². The van der Waals surface area contributed by atoms with Gasteiger partial charge in [0.05, 0.1) is 24.2 Å². The Morgan fingerprint density at radius 1 is 1.07 bits per heavy atom. The first-order valence-corrected chi connectivity index (χ1v) is 9.05. The van der Waals surface area contributed by atoms with Crippen LogP contribution in [0, 0.1) is 0 Å². The second-order valence-corrected chi connectivity index (χ2v) is 6.56. The van der Waals surface area contributed by atoms with Crippen molar-refractivity contribution in [1.82, 2.24) is 14.0 Å². The quantitative estimate of drug-likeness (QED) is 0.673. The number of hydrogen-bond donors (Lipinski definition) is 0. The summed E-state index contributed by atoms with van der Waals surface area (Å²) >= 11 is 0. The van der Waals surface area contributed by atoms with Crippen LogP contribution in [0.4, 0.5) is 0 Å². The van der Waals surface area contributed by atoms with E-state index >= 15 is 0 Å². The minimum absolute atomic E-state index is 0.0172. The number of aromatic nitrogens is 2. The molecule has 142 valence electrons. The van der Waals surface area contributed by atoms with Crippen molar-refractivity contribution in [1.29, 1.82) is 0 Å². The summed E-state index contributed by atoms with van der Waals surface area (Å²) in [5.74, 6) is 0.665. The van der Waals surface area contributed by atoms with Gasteiger partial charge in [0.2, 0.25) is 5.91 Å². The second-order valence-electron chi connectivity index (χ2n) is 6.56.